The number of carbonyl (C=O) groups excluding carboxylic acids is 1. The fourth-order valence-corrected chi connectivity index (χ4v) is 3.68. The summed E-state index contributed by atoms with van der Waals surface area (Å²) in [4.78, 5) is 16.6. The van der Waals surface area contributed by atoms with Crippen molar-refractivity contribution in [3.05, 3.63) is 77.6 Å². The van der Waals surface area contributed by atoms with Crippen LogP contribution in [0.2, 0.25) is 0 Å². The minimum atomic E-state index is -4.66. The van der Waals surface area contributed by atoms with E-state index < -0.39 is 29.3 Å². The van der Waals surface area contributed by atoms with Crippen molar-refractivity contribution in [3.8, 4) is 11.1 Å². The molecule has 34 heavy (non-hydrogen) atoms. The molecule has 0 aliphatic heterocycles. The van der Waals surface area contributed by atoms with E-state index in [-0.39, 0.29) is 0 Å². The van der Waals surface area contributed by atoms with Crippen molar-refractivity contribution in [1.82, 2.24) is 14.6 Å². The molecular formula is C23H20F4N6O. The molecule has 2 aromatic carbocycles. The number of nitrogens with zero attached hydrogens (tertiary/aromatic N) is 3. The Balaban J connectivity index is 1.55. The number of benzene rings is 2. The molecule has 0 saturated carbocycles. The van der Waals surface area contributed by atoms with Crippen LogP contribution in [0.4, 0.5) is 33.7 Å². The highest BCUT2D eigenvalue weighted by Crippen LogP contribution is 2.33. The predicted octanol–water partition coefficient (Wildman–Crippen LogP) is 5.01. The number of fused-ring (bicyclic) bond motifs is 1. The highest BCUT2D eigenvalue weighted by atomic mass is 19.4. The van der Waals surface area contributed by atoms with Crippen LogP contribution in [0, 0.1) is 12.7 Å². The summed E-state index contributed by atoms with van der Waals surface area (Å²) in [5.74, 6) is -0.981. The van der Waals surface area contributed by atoms with Crippen molar-refractivity contribution in [2.24, 2.45) is 5.73 Å². The molecule has 0 spiro atoms. The van der Waals surface area contributed by atoms with E-state index >= 15 is 0 Å². The minimum Gasteiger partial charge on any atom is -0.330 e. The summed E-state index contributed by atoms with van der Waals surface area (Å²) in [6.45, 7) is 2.38. The fourth-order valence-electron chi connectivity index (χ4n) is 3.68. The third-order valence-electron chi connectivity index (χ3n) is 5.19. The number of anilines is 2. The molecule has 0 fully saturated rings. The highest BCUT2D eigenvalue weighted by molar-refractivity contribution is 6.00. The molecule has 0 atom stereocenters. The van der Waals surface area contributed by atoms with Crippen LogP contribution in [0.15, 0.2) is 55.0 Å². The van der Waals surface area contributed by atoms with Crippen LogP contribution in [0.25, 0.3) is 16.6 Å². The number of hydrogen-bond acceptors (Lipinski definition) is 4. The maximum Gasteiger partial charge on any atom is 0.416 e. The van der Waals surface area contributed by atoms with E-state index in [1.54, 1.807) is 28.8 Å². The topological polar surface area (TPSA) is 97.3 Å². The first kappa shape index (κ1) is 23.2. The van der Waals surface area contributed by atoms with Gasteiger partial charge in [0.05, 0.1) is 22.5 Å². The van der Waals surface area contributed by atoms with E-state index in [9.17, 15) is 22.4 Å². The Bertz CT molecular complexity index is 1350. The first-order valence-corrected chi connectivity index (χ1v) is 10.2. The van der Waals surface area contributed by atoms with Crippen LogP contribution in [-0.4, -0.2) is 27.2 Å². The Hall–Kier alpha value is -3.99. The molecule has 4 aromatic rings. The first-order valence-electron chi connectivity index (χ1n) is 10.2. The predicted molar refractivity (Wildman–Crippen MR) is 120 cm³/mol. The normalized spacial score (nSPS) is 11.6. The average Bonchev–Trinajstić information content (AvgIpc) is 3.12. The van der Waals surface area contributed by atoms with Gasteiger partial charge < -0.3 is 16.4 Å². The largest absolute Gasteiger partial charge is 0.416 e. The zero-order valence-corrected chi connectivity index (χ0v) is 17.9. The van der Waals surface area contributed by atoms with Crippen molar-refractivity contribution in [1.29, 1.82) is 0 Å². The number of nitrogens with one attached hydrogen (secondary N) is 2. The Kier molecular flexibility index (Phi) is 6.20. The molecule has 4 N–H and O–H groups in total. The minimum absolute atomic E-state index is 0.369. The van der Waals surface area contributed by atoms with Gasteiger partial charge in [0, 0.05) is 23.9 Å². The third-order valence-corrected chi connectivity index (χ3v) is 5.19. The number of rotatable bonds is 5. The van der Waals surface area contributed by atoms with Crippen molar-refractivity contribution >= 4 is 22.9 Å². The Morgan fingerprint density at radius 3 is 2.53 bits per heavy atom. The van der Waals surface area contributed by atoms with Crippen molar-refractivity contribution in [2.75, 3.05) is 17.2 Å². The van der Waals surface area contributed by atoms with Gasteiger partial charge in [0.25, 0.3) is 0 Å². The van der Waals surface area contributed by atoms with Gasteiger partial charge in [0.15, 0.2) is 0 Å². The SMILES string of the molecule is Cc1cn2ncnc(CCN)c2c1-c1ccc(NC(=O)Nc2cc(C(F)(F)F)ccc2F)cc1. The van der Waals surface area contributed by atoms with Crippen LogP contribution < -0.4 is 16.4 Å². The zero-order chi connectivity index (χ0) is 24.5. The maximum atomic E-state index is 13.9. The Morgan fingerprint density at radius 2 is 1.85 bits per heavy atom. The second-order valence-corrected chi connectivity index (χ2v) is 7.57. The summed E-state index contributed by atoms with van der Waals surface area (Å²) in [5.41, 5.74) is 8.83. The van der Waals surface area contributed by atoms with Gasteiger partial charge in [-0.25, -0.2) is 18.7 Å². The Labute approximate surface area is 191 Å². The monoisotopic (exact) mass is 472 g/mol. The molecule has 176 valence electrons. The van der Waals surface area contributed by atoms with Crippen LogP contribution >= 0.6 is 0 Å². The van der Waals surface area contributed by atoms with Crippen LogP contribution in [0.3, 0.4) is 0 Å². The molecule has 0 radical (unpaired) electrons. The molecular weight excluding hydrogens is 452 g/mol. The van der Waals surface area contributed by atoms with Gasteiger partial charge in [-0.05, 0) is 54.9 Å². The lowest BCUT2D eigenvalue weighted by atomic mass is 10.0. The molecule has 7 nitrogen and oxygen atoms in total. The Morgan fingerprint density at radius 1 is 1.12 bits per heavy atom. The van der Waals surface area contributed by atoms with E-state index in [2.05, 4.69) is 20.7 Å². The molecule has 0 aliphatic carbocycles. The second-order valence-electron chi connectivity index (χ2n) is 7.57. The quantitative estimate of drug-likeness (QED) is 0.356. The van der Waals surface area contributed by atoms with Gasteiger partial charge in [0.2, 0.25) is 0 Å². The molecule has 2 aromatic heterocycles. The average molecular weight is 472 g/mol. The summed E-state index contributed by atoms with van der Waals surface area (Å²) in [5, 5.41) is 8.85. The number of halogens is 4. The fraction of sp³-hybridized carbons (Fsp3) is 0.174. The van der Waals surface area contributed by atoms with Gasteiger partial charge in [-0.15, -0.1) is 0 Å². The van der Waals surface area contributed by atoms with Crippen molar-refractivity contribution < 1.29 is 22.4 Å². The van der Waals surface area contributed by atoms with E-state index in [1.165, 1.54) is 6.33 Å². The summed E-state index contributed by atoms with van der Waals surface area (Å²) >= 11 is 0. The van der Waals surface area contributed by atoms with Crippen molar-refractivity contribution in [2.45, 2.75) is 19.5 Å². The number of alkyl halides is 3. The lowest BCUT2D eigenvalue weighted by molar-refractivity contribution is -0.137. The summed E-state index contributed by atoms with van der Waals surface area (Å²) in [6.07, 6.45) is -0.725. The van der Waals surface area contributed by atoms with Crippen LogP contribution in [-0.2, 0) is 12.6 Å². The number of hydrogen-bond donors (Lipinski definition) is 3. The molecule has 0 unspecified atom stereocenters. The summed E-state index contributed by atoms with van der Waals surface area (Å²) in [6, 6.07) is 7.74. The van der Waals surface area contributed by atoms with Crippen LogP contribution in [0.5, 0.6) is 0 Å². The number of aryl methyl sites for hydroxylation is 1. The van der Waals surface area contributed by atoms with Gasteiger partial charge in [-0.2, -0.15) is 18.3 Å². The molecule has 0 saturated heterocycles. The van der Waals surface area contributed by atoms with Crippen LogP contribution in [0.1, 0.15) is 16.8 Å². The maximum absolute atomic E-state index is 13.9. The standard InChI is InChI=1S/C23H20F4N6O/c1-13-11-33-21(18(8-9-28)29-12-30-33)20(13)14-2-5-16(6-3-14)31-22(34)32-19-10-15(23(25,26)27)4-7-17(19)24/h2-7,10-12H,8-9,28H2,1H3,(H2,31,32,34). The molecule has 2 heterocycles. The number of carbonyl (C=O) groups is 1. The van der Waals surface area contributed by atoms with E-state index in [4.69, 9.17) is 5.73 Å². The molecule has 2 amide bonds. The number of amides is 2. The van der Waals surface area contributed by atoms with Crippen molar-refractivity contribution in [3.63, 3.8) is 0 Å². The third kappa shape index (κ3) is 4.69. The van der Waals surface area contributed by atoms with E-state index in [0.29, 0.717) is 36.9 Å². The lowest BCUT2D eigenvalue weighted by Gasteiger charge is -2.12. The van der Waals surface area contributed by atoms with Gasteiger partial charge in [-0.1, -0.05) is 12.1 Å². The highest BCUT2D eigenvalue weighted by Gasteiger charge is 2.31. The number of nitrogens with two attached hydrogens (primary N) is 1. The van der Waals surface area contributed by atoms with Gasteiger partial charge in [-0.3, -0.25) is 0 Å². The number of urea groups is 1. The molecule has 0 aliphatic rings. The smallest absolute Gasteiger partial charge is 0.330 e. The first-order chi connectivity index (χ1) is 16.2. The van der Waals surface area contributed by atoms with E-state index in [1.807, 2.05) is 13.1 Å². The van der Waals surface area contributed by atoms with Gasteiger partial charge >= 0.3 is 12.2 Å². The van der Waals surface area contributed by atoms with E-state index in [0.717, 1.165) is 27.9 Å². The lowest BCUT2D eigenvalue weighted by Crippen LogP contribution is -2.20. The second kappa shape index (κ2) is 9.10. The summed E-state index contributed by atoms with van der Waals surface area (Å²) in [7, 11) is 0. The zero-order valence-electron chi connectivity index (χ0n) is 17.9. The molecule has 11 heteroatoms. The number of aromatic nitrogens is 3. The summed E-state index contributed by atoms with van der Waals surface area (Å²) < 4.78 is 54.2. The molecule has 0 bridgehead atoms. The van der Waals surface area contributed by atoms with Gasteiger partial charge in [0.1, 0.15) is 12.1 Å². The molecule has 4 rings (SSSR count).